The van der Waals surface area contributed by atoms with Gasteiger partial charge in [-0.2, -0.15) is 5.10 Å². The molecule has 1 unspecified atom stereocenters. The summed E-state index contributed by atoms with van der Waals surface area (Å²) in [6.45, 7) is 7.95. The zero-order chi connectivity index (χ0) is 18.5. The van der Waals surface area contributed by atoms with E-state index in [4.69, 9.17) is 4.74 Å². The van der Waals surface area contributed by atoms with Crippen LogP contribution in [0, 0.1) is 18.3 Å². The maximum atomic E-state index is 13.0. The van der Waals surface area contributed by atoms with Crippen molar-refractivity contribution in [2.24, 2.45) is 23.4 Å². The van der Waals surface area contributed by atoms with E-state index in [1.165, 1.54) is 7.11 Å². The van der Waals surface area contributed by atoms with Crippen molar-refractivity contribution in [3.8, 4) is 0 Å². The van der Waals surface area contributed by atoms with E-state index in [9.17, 15) is 9.59 Å². The minimum absolute atomic E-state index is 0.107. The van der Waals surface area contributed by atoms with Crippen molar-refractivity contribution in [2.75, 3.05) is 7.11 Å². The SMILES string of the molecule is COC(=O)C1=C(C)N=C2CC(C)(C)CC(=O)C2[C@@H]1c1cnn(C)c1C. The summed E-state index contributed by atoms with van der Waals surface area (Å²) in [4.78, 5) is 30.2. The largest absolute Gasteiger partial charge is 0.466 e. The maximum Gasteiger partial charge on any atom is 0.336 e. The Bertz CT molecular complexity index is 814. The molecule has 0 aromatic carbocycles. The van der Waals surface area contributed by atoms with Gasteiger partial charge in [0.05, 0.1) is 24.8 Å². The van der Waals surface area contributed by atoms with Gasteiger partial charge >= 0.3 is 5.97 Å². The summed E-state index contributed by atoms with van der Waals surface area (Å²) < 4.78 is 6.78. The number of nitrogens with zero attached hydrogens (tertiary/aromatic N) is 3. The molecule has 3 rings (SSSR count). The molecular weight excluding hydrogens is 318 g/mol. The summed E-state index contributed by atoms with van der Waals surface area (Å²) in [5, 5.41) is 4.32. The first-order valence-electron chi connectivity index (χ1n) is 8.54. The Morgan fingerprint density at radius 3 is 2.52 bits per heavy atom. The number of methoxy groups -OCH3 is 1. The Balaban J connectivity index is 2.21. The number of hydrogen-bond donors (Lipinski definition) is 0. The molecule has 25 heavy (non-hydrogen) atoms. The van der Waals surface area contributed by atoms with Gasteiger partial charge < -0.3 is 4.74 Å². The van der Waals surface area contributed by atoms with Gasteiger partial charge in [-0.1, -0.05) is 13.8 Å². The molecule has 1 saturated carbocycles. The van der Waals surface area contributed by atoms with Gasteiger partial charge in [0.25, 0.3) is 0 Å². The van der Waals surface area contributed by atoms with E-state index in [0.717, 1.165) is 23.4 Å². The number of carbonyl (C=O) groups is 2. The predicted molar refractivity (Wildman–Crippen MR) is 94.3 cm³/mol. The van der Waals surface area contributed by atoms with Gasteiger partial charge in [0.1, 0.15) is 5.78 Å². The number of ketones is 1. The van der Waals surface area contributed by atoms with Crippen LogP contribution in [0.5, 0.6) is 0 Å². The molecule has 0 spiro atoms. The molecule has 2 heterocycles. The van der Waals surface area contributed by atoms with Crippen molar-refractivity contribution in [3.05, 3.63) is 28.7 Å². The van der Waals surface area contributed by atoms with Crippen LogP contribution < -0.4 is 0 Å². The number of aromatic nitrogens is 2. The first-order chi connectivity index (χ1) is 11.7. The van der Waals surface area contributed by atoms with Gasteiger partial charge in [0, 0.05) is 42.1 Å². The van der Waals surface area contributed by atoms with Crippen molar-refractivity contribution < 1.29 is 14.3 Å². The molecule has 1 aliphatic carbocycles. The lowest BCUT2D eigenvalue weighted by atomic mass is 9.63. The molecule has 0 saturated heterocycles. The number of aryl methyl sites for hydroxylation is 1. The molecule has 0 radical (unpaired) electrons. The highest BCUT2D eigenvalue weighted by atomic mass is 16.5. The number of hydrogen-bond acceptors (Lipinski definition) is 5. The summed E-state index contributed by atoms with van der Waals surface area (Å²) in [5.74, 6) is -1.07. The van der Waals surface area contributed by atoms with E-state index in [0.29, 0.717) is 17.7 Å². The van der Waals surface area contributed by atoms with E-state index in [-0.39, 0.29) is 17.1 Å². The van der Waals surface area contributed by atoms with Crippen LogP contribution in [0.4, 0.5) is 0 Å². The van der Waals surface area contributed by atoms with Gasteiger partial charge in [-0.15, -0.1) is 0 Å². The number of ether oxygens (including phenoxy) is 1. The van der Waals surface area contributed by atoms with Crippen molar-refractivity contribution in [3.63, 3.8) is 0 Å². The summed E-state index contributed by atoms with van der Waals surface area (Å²) in [7, 11) is 3.22. The highest BCUT2D eigenvalue weighted by Crippen LogP contribution is 2.47. The zero-order valence-electron chi connectivity index (χ0n) is 15.7. The zero-order valence-corrected chi connectivity index (χ0v) is 15.7. The van der Waals surface area contributed by atoms with E-state index in [1.807, 2.05) is 20.9 Å². The first kappa shape index (κ1) is 17.6. The minimum atomic E-state index is -0.425. The van der Waals surface area contributed by atoms with E-state index in [2.05, 4.69) is 23.9 Å². The molecule has 0 bridgehead atoms. The molecule has 2 aliphatic rings. The third-order valence-corrected chi connectivity index (χ3v) is 5.38. The summed E-state index contributed by atoms with van der Waals surface area (Å²) >= 11 is 0. The first-order valence-corrected chi connectivity index (χ1v) is 8.54. The van der Waals surface area contributed by atoms with Gasteiger partial charge in [-0.05, 0) is 25.7 Å². The second-order valence-corrected chi connectivity index (χ2v) is 7.84. The van der Waals surface area contributed by atoms with Crippen LogP contribution in [-0.4, -0.2) is 34.4 Å². The standard InChI is InChI=1S/C19H25N3O3/c1-10-15(18(24)25-6)16(12-9-20-22(5)11(12)2)17-13(21-10)7-19(3,4)8-14(17)23/h9,16-17H,7-8H2,1-6H3/t16-,17?/m1/s1. The Morgan fingerprint density at radius 1 is 1.28 bits per heavy atom. The molecule has 2 atom stereocenters. The van der Waals surface area contributed by atoms with Crippen LogP contribution in [0.15, 0.2) is 22.5 Å². The fourth-order valence-electron chi connectivity index (χ4n) is 4.13. The number of aliphatic imine (C=N–C) groups is 1. The number of fused-ring (bicyclic) bond motifs is 1. The lowest BCUT2D eigenvalue weighted by Crippen LogP contribution is -2.44. The second-order valence-electron chi connectivity index (χ2n) is 7.84. The molecule has 0 N–H and O–H groups in total. The molecule has 6 nitrogen and oxygen atoms in total. The predicted octanol–water partition coefficient (Wildman–Crippen LogP) is 2.72. The minimum Gasteiger partial charge on any atom is -0.466 e. The Labute approximate surface area is 148 Å². The second kappa shape index (κ2) is 5.93. The fraction of sp³-hybridized carbons (Fsp3) is 0.579. The van der Waals surface area contributed by atoms with Crippen LogP contribution in [0.2, 0.25) is 0 Å². The van der Waals surface area contributed by atoms with E-state index in [1.54, 1.807) is 10.9 Å². The monoisotopic (exact) mass is 343 g/mol. The van der Waals surface area contributed by atoms with Crippen LogP contribution >= 0.6 is 0 Å². The molecule has 134 valence electrons. The average Bonchev–Trinajstić information content (AvgIpc) is 2.83. The third kappa shape index (κ3) is 2.83. The number of esters is 1. The van der Waals surface area contributed by atoms with Crippen LogP contribution in [-0.2, 0) is 21.4 Å². The van der Waals surface area contributed by atoms with Crippen molar-refractivity contribution in [1.82, 2.24) is 9.78 Å². The highest BCUT2D eigenvalue weighted by molar-refractivity contribution is 6.12. The normalized spacial score (nSPS) is 25.5. The molecule has 0 amide bonds. The lowest BCUT2D eigenvalue weighted by Gasteiger charge is -2.40. The van der Waals surface area contributed by atoms with Gasteiger partial charge in [0.15, 0.2) is 0 Å². The van der Waals surface area contributed by atoms with Crippen molar-refractivity contribution >= 4 is 17.5 Å². The number of Topliss-reactive ketones (excluding diaryl/α,β-unsaturated/α-hetero) is 1. The fourth-order valence-corrected chi connectivity index (χ4v) is 4.13. The Morgan fingerprint density at radius 2 is 1.96 bits per heavy atom. The van der Waals surface area contributed by atoms with Crippen LogP contribution in [0.1, 0.15) is 50.8 Å². The Hall–Kier alpha value is -2.24. The molecule has 6 heteroatoms. The maximum absolute atomic E-state index is 13.0. The highest BCUT2D eigenvalue weighted by Gasteiger charge is 2.48. The average molecular weight is 343 g/mol. The summed E-state index contributed by atoms with van der Waals surface area (Å²) in [6, 6.07) is 0. The lowest BCUT2D eigenvalue weighted by molar-refractivity contribution is -0.136. The summed E-state index contributed by atoms with van der Waals surface area (Å²) in [6.07, 6.45) is 3.00. The van der Waals surface area contributed by atoms with Crippen molar-refractivity contribution in [2.45, 2.75) is 46.5 Å². The van der Waals surface area contributed by atoms with E-state index >= 15 is 0 Å². The van der Waals surface area contributed by atoms with Crippen LogP contribution in [0.3, 0.4) is 0 Å². The molecule has 1 aliphatic heterocycles. The van der Waals surface area contributed by atoms with Crippen molar-refractivity contribution in [1.29, 1.82) is 0 Å². The number of rotatable bonds is 2. The van der Waals surface area contributed by atoms with Gasteiger partial charge in [0.2, 0.25) is 0 Å². The molecule has 1 fully saturated rings. The Kier molecular flexibility index (Phi) is 4.17. The smallest absolute Gasteiger partial charge is 0.336 e. The van der Waals surface area contributed by atoms with Gasteiger partial charge in [-0.25, -0.2) is 4.79 Å². The number of carbonyl (C=O) groups excluding carboxylic acids is 2. The molecule has 1 aromatic rings. The number of allylic oxidation sites excluding steroid dienone is 1. The van der Waals surface area contributed by atoms with Gasteiger partial charge in [-0.3, -0.25) is 14.5 Å². The molecule has 1 aromatic heterocycles. The topological polar surface area (TPSA) is 73.6 Å². The van der Waals surface area contributed by atoms with E-state index < -0.39 is 11.9 Å². The van der Waals surface area contributed by atoms with Crippen LogP contribution in [0.25, 0.3) is 0 Å². The molecular formula is C19H25N3O3. The summed E-state index contributed by atoms with van der Waals surface area (Å²) in [5.41, 5.74) is 3.71. The third-order valence-electron chi connectivity index (χ3n) is 5.38. The quantitative estimate of drug-likeness (QED) is 0.774.